The molecule has 0 saturated carbocycles. The van der Waals surface area contributed by atoms with Crippen LogP contribution in [-0.4, -0.2) is 61.5 Å². The average molecular weight is 375 g/mol. The van der Waals surface area contributed by atoms with Crippen molar-refractivity contribution in [1.29, 1.82) is 0 Å². The third-order valence-corrected chi connectivity index (χ3v) is 5.78. The zero-order valence-electron chi connectivity index (χ0n) is 16.4. The molecule has 1 aromatic carbocycles. The monoisotopic (exact) mass is 375 g/mol. The van der Waals surface area contributed by atoms with Crippen molar-refractivity contribution in [1.82, 2.24) is 4.90 Å². The molecule has 2 saturated heterocycles. The van der Waals surface area contributed by atoms with Crippen LogP contribution in [-0.2, 0) is 0 Å². The number of nitrogens with zero attached hydrogens (tertiary/aromatic N) is 3. The number of quaternary nitrogens is 1. The number of nitrogens with one attached hydrogen (secondary N) is 1. The molecular weight excluding hydrogens is 344 g/mol. The molecule has 0 bridgehead atoms. The lowest BCUT2D eigenvalue weighted by atomic mass is 9.99. The number of anilines is 1. The van der Waals surface area contributed by atoms with Gasteiger partial charge in [-0.2, -0.15) is 0 Å². The van der Waals surface area contributed by atoms with E-state index in [1.54, 1.807) is 12.1 Å². The van der Waals surface area contributed by atoms with Gasteiger partial charge in [-0.15, -0.1) is 0 Å². The van der Waals surface area contributed by atoms with Crippen molar-refractivity contribution in [2.75, 3.05) is 50.7 Å². The third kappa shape index (κ3) is 4.58. The lowest BCUT2D eigenvalue weighted by Gasteiger charge is -2.33. The van der Waals surface area contributed by atoms with E-state index in [4.69, 9.17) is 0 Å². The lowest BCUT2D eigenvalue weighted by molar-refractivity contribution is -0.904. The fourth-order valence-corrected chi connectivity index (χ4v) is 4.29. The number of hydrogen-bond donors (Lipinski definition) is 1. The first-order valence-electron chi connectivity index (χ1n) is 10.2. The van der Waals surface area contributed by atoms with Crippen molar-refractivity contribution in [2.24, 2.45) is 5.92 Å². The van der Waals surface area contributed by atoms with E-state index >= 15 is 0 Å². The molecule has 7 heteroatoms. The molecular formula is C20H31N4O3+. The average Bonchev–Trinajstić information content (AvgIpc) is 2.68. The lowest BCUT2D eigenvalue weighted by Crippen LogP contribution is -3.14. The molecule has 0 aromatic heterocycles. The minimum Gasteiger partial charge on any atom is -0.366 e. The van der Waals surface area contributed by atoms with Crippen LogP contribution in [0.2, 0.25) is 0 Å². The second-order valence-electron chi connectivity index (χ2n) is 7.95. The third-order valence-electron chi connectivity index (χ3n) is 5.78. The predicted octanol–water partition coefficient (Wildman–Crippen LogP) is 1.58. The van der Waals surface area contributed by atoms with Gasteiger partial charge in [0.2, 0.25) is 0 Å². The minimum atomic E-state index is -0.352. The number of carbonyl (C=O) groups excluding carboxylic acids is 1. The highest BCUT2D eigenvalue weighted by Gasteiger charge is 2.28. The van der Waals surface area contributed by atoms with Crippen LogP contribution in [0, 0.1) is 16.0 Å². The van der Waals surface area contributed by atoms with E-state index in [0.717, 1.165) is 52.0 Å². The molecule has 2 aliphatic heterocycles. The quantitative estimate of drug-likeness (QED) is 0.627. The molecule has 0 radical (unpaired) electrons. The number of nitro groups is 1. The summed E-state index contributed by atoms with van der Waals surface area (Å²) in [6.07, 6.45) is 3.35. The van der Waals surface area contributed by atoms with Gasteiger partial charge in [0.25, 0.3) is 11.6 Å². The molecule has 1 atom stereocenters. The van der Waals surface area contributed by atoms with E-state index in [9.17, 15) is 14.9 Å². The van der Waals surface area contributed by atoms with Gasteiger partial charge in [0.1, 0.15) is 5.69 Å². The maximum atomic E-state index is 12.9. The van der Waals surface area contributed by atoms with Crippen LogP contribution in [0.3, 0.4) is 0 Å². The number of rotatable bonds is 5. The molecule has 2 aliphatic rings. The van der Waals surface area contributed by atoms with Gasteiger partial charge in [-0.25, -0.2) is 0 Å². The van der Waals surface area contributed by atoms with Crippen molar-refractivity contribution in [3.8, 4) is 0 Å². The Hall–Kier alpha value is -2.15. The summed E-state index contributed by atoms with van der Waals surface area (Å²) in [5, 5.41) is 11.7. The Labute approximate surface area is 161 Å². The van der Waals surface area contributed by atoms with E-state index in [2.05, 4.69) is 18.7 Å². The first-order chi connectivity index (χ1) is 13.0. The molecule has 0 spiro atoms. The zero-order chi connectivity index (χ0) is 19.4. The summed E-state index contributed by atoms with van der Waals surface area (Å²) in [6, 6.07) is 5.00. The van der Waals surface area contributed by atoms with Gasteiger partial charge >= 0.3 is 0 Å². The number of benzene rings is 1. The Kier molecular flexibility index (Phi) is 6.31. The Balaban J connectivity index is 1.76. The van der Waals surface area contributed by atoms with Gasteiger partial charge in [0.15, 0.2) is 0 Å². The van der Waals surface area contributed by atoms with Crippen molar-refractivity contribution in [3.05, 3.63) is 33.9 Å². The molecule has 148 valence electrons. The number of carbonyl (C=O) groups is 1. The Morgan fingerprint density at radius 2 is 2.04 bits per heavy atom. The molecule has 1 amide bonds. The standard InChI is InChI=1S/C20H30N4O3/c1-3-8-21-10-12-22(13-11-21)20(25)17-6-7-18(19(14-17)24(26)27)23-9-4-5-16(2)15-23/h6-7,14,16H,3-5,8-13,15H2,1-2H3/p+1/t16-/m0/s1. The molecule has 7 nitrogen and oxygen atoms in total. The SMILES string of the molecule is CCC[NH+]1CCN(C(=O)c2ccc(N3CCC[C@H](C)C3)c([N+](=O)[O-])c2)CC1. The van der Waals surface area contributed by atoms with Crippen molar-refractivity contribution in [2.45, 2.75) is 33.1 Å². The first-order valence-corrected chi connectivity index (χ1v) is 10.2. The number of nitro benzene ring substituents is 1. The normalized spacial score (nSPS) is 21.3. The van der Waals surface area contributed by atoms with Crippen LogP contribution in [0.15, 0.2) is 18.2 Å². The second-order valence-corrected chi connectivity index (χ2v) is 7.95. The van der Waals surface area contributed by atoms with Gasteiger partial charge in [-0.1, -0.05) is 13.8 Å². The van der Waals surface area contributed by atoms with Crippen LogP contribution < -0.4 is 9.80 Å². The van der Waals surface area contributed by atoms with Crippen molar-refractivity contribution in [3.63, 3.8) is 0 Å². The summed E-state index contributed by atoms with van der Waals surface area (Å²) >= 11 is 0. The van der Waals surface area contributed by atoms with Gasteiger partial charge in [-0.3, -0.25) is 14.9 Å². The number of amides is 1. The van der Waals surface area contributed by atoms with E-state index in [0.29, 0.717) is 30.3 Å². The second kappa shape index (κ2) is 8.69. The van der Waals surface area contributed by atoms with Crippen LogP contribution in [0.5, 0.6) is 0 Å². The number of hydrogen-bond acceptors (Lipinski definition) is 4. The van der Waals surface area contributed by atoms with E-state index in [1.807, 2.05) is 4.90 Å². The summed E-state index contributed by atoms with van der Waals surface area (Å²) in [6.45, 7) is 10.5. The van der Waals surface area contributed by atoms with Crippen molar-refractivity contribution < 1.29 is 14.6 Å². The smallest absolute Gasteiger partial charge is 0.293 e. The maximum absolute atomic E-state index is 12.9. The molecule has 0 aliphatic carbocycles. The highest BCUT2D eigenvalue weighted by Crippen LogP contribution is 2.32. The van der Waals surface area contributed by atoms with Gasteiger partial charge in [0, 0.05) is 24.7 Å². The van der Waals surface area contributed by atoms with Gasteiger partial charge < -0.3 is 14.7 Å². The molecule has 1 N–H and O–H groups in total. The highest BCUT2D eigenvalue weighted by molar-refractivity contribution is 5.95. The zero-order valence-corrected chi connectivity index (χ0v) is 16.4. The molecule has 0 unspecified atom stereocenters. The van der Waals surface area contributed by atoms with Crippen LogP contribution in [0.1, 0.15) is 43.5 Å². The number of piperazine rings is 1. The first kappa shape index (κ1) is 19.6. The maximum Gasteiger partial charge on any atom is 0.293 e. The molecule has 2 heterocycles. The predicted molar refractivity (Wildman–Crippen MR) is 105 cm³/mol. The minimum absolute atomic E-state index is 0.0465. The summed E-state index contributed by atoms with van der Waals surface area (Å²) in [5.41, 5.74) is 1.11. The largest absolute Gasteiger partial charge is 0.366 e. The topological polar surface area (TPSA) is 71.1 Å². The summed E-state index contributed by atoms with van der Waals surface area (Å²) in [7, 11) is 0. The fraction of sp³-hybridized carbons (Fsp3) is 0.650. The van der Waals surface area contributed by atoms with Crippen molar-refractivity contribution >= 4 is 17.3 Å². The Morgan fingerprint density at radius 3 is 2.67 bits per heavy atom. The molecule has 1 aromatic rings. The van der Waals surface area contributed by atoms with Crippen LogP contribution in [0.25, 0.3) is 0 Å². The van der Waals surface area contributed by atoms with E-state index in [-0.39, 0.29) is 16.5 Å². The summed E-state index contributed by atoms with van der Waals surface area (Å²) < 4.78 is 0. The summed E-state index contributed by atoms with van der Waals surface area (Å²) in [5.74, 6) is 0.439. The van der Waals surface area contributed by atoms with Gasteiger partial charge in [0.05, 0.1) is 37.6 Å². The Bertz CT molecular complexity index is 686. The van der Waals surface area contributed by atoms with Crippen LogP contribution >= 0.6 is 0 Å². The number of piperidine rings is 1. The molecule has 27 heavy (non-hydrogen) atoms. The van der Waals surface area contributed by atoms with Gasteiger partial charge in [-0.05, 0) is 37.3 Å². The van der Waals surface area contributed by atoms with Crippen LogP contribution in [0.4, 0.5) is 11.4 Å². The summed E-state index contributed by atoms with van der Waals surface area (Å²) in [4.78, 5) is 29.6. The molecule has 2 fully saturated rings. The van der Waals surface area contributed by atoms with E-state index < -0.39 is 0 Å². The highest BCUT2D eigenvalue weighted by atomic mass is 16.6. The van der Waals surface area contributed by atoms with E-state index in [1.165, 1.54) is 11.0 Å². The Morgan fingerprint density at radius 1 is 1.30 bits per heavy atom. The molecule has 3 rings (SSSR count). The fourth-order valence-electron chi connectivity index (χ4n) is 4.29.